The molecule has 1 aromatic rings. The molecule has 0 unspecified atom stereocenters. The van der Waals surface area contributed by atoms with Crippen LogP contribution in [0.2, 0.25) is 0 Å². The molecule has 0 aromatic heterocycles. The number of piperazine rings is 1. The lowest BCUT2D eigenvalue weighted by Crippen LogP contribution is -2.53. The molecule has 1 aliphatic rings. The largest absolute Gasteiger partial charge is 0.493 e. The van der Waals surface area contributed by atoms with Crippen LogP contribution in [-0.2, 0) is 9.59 Å². The molecular formula is C18H27N3O4. The van der Waals surface area contributed by atoms with Gasteiger partial charge in [-0.25, -0.2) is 0 Å². The monoisotopic (exact) mass is 349 g/mol. The lowest BCUT2D eigenvalue weighted by molar-refractivity contribution is -0.147. The van der Waals surface area contributed by atoms with E-state index in [9.17, 15) is 9.59 Å². The first-order valence-corrected chi connectivity index (χ1v) is 8.31. The molecule has 1 aliphatic heterocycles. The highest BCUT2D eigenvalue weighted by molar-refractivity contribution is 6.10. The Morgan fingerprint density at radius 2 is 1.64 bits per heavy atom. The number of nitrogens with zero attached hydrogens (tertiary/aromatic N) is 2. The molecule has 0 saturated carbocycles. The van der Waals surface area contributed by atoms with E-state index in [1.54, 1.807) is 44.1 Å². The summed E-state index contributed by atoms with van der Waals surface area (Å²) in [6, 6.07) is 5.10. The predicted molar refractivity (Wildman–Crippen MR) is 96.0 cm³/mol. The fourth-order valence-electron chi connectivity index (χ4n) is 2.70. The standard InChI is InChI=1S/C18H27N3O4/c1-18(2,17(23)21-10-8-20(3)9-11-21)16(22)19-13-6-7-14(24-4)15(12-13)25-5/h6-7,12H,8-11H2,1-5H3,(H,19,22). The van der Waals surface area contributed by atoms with Gasteiger partial charge in [0.25, 0.3) is 0 Å². The highest BCUT2D eigenvalue weighted by Gasteiger charge is 2.39. The normalized spacial score (nSPS) is 15.6. The van der Waals surface area contributed by atoms with Crippen molar-refractivity contribution in [2.24, 2.45) is 5.41 Å². The number of amides is 2. The van der Waals surface area contributed by atoms with Crippen LogP contribution in [0.4, 0.5) is 5.69 Å². The van der Waals surface area contributed by atoms with Crippen LogP contribution < -0.4 is 14.8 Å². The Bertz CT molecular complexity index is 637. The Kier molecular flexibility index (Phi) is 5.89. The van der Waals surface area contributed by atoms with E-state index in [1.807, 2.05) is 7.05 Å². The van der Waals surface area contributed by atoms with Gasteiger partial charge in [0.1, 0.15) is 5.41 Å². The Balaban J connectivity index is 2.09. The molecule has 0 bridgehead atoms. The third-order valence-corrected chi connectivity index (χ3v) is 4.53. The van der Waals surface area contributed by atoms with Crippen molar-refractivity contribution >= 4 is 17.5 Å². The number of hydrogen-bond acceptors (Lipinski definition) is 5. The van der Waals surface area contributed by atoms with E-state index in [2.05, 4.69) is 10.2 Å². The summed E-state index contributed by atoms with van der Waals surface area (Å²) < 4.78 is 10.4. The molecule has 0 spiro atoms. The van der Waals surface area contributed by atoms with E-state index in [0.29, 0.717) is 30.3 Å². The van der Waals surface area contributed by atoms with Gasteiger partial charge in [-0.2, -0.15) is 0 Å². The van der Waals surface area contributed by atoms with E-state index in [0.717, 1.165) is 13.1 Å². The van der Waals surface area contributed by atoms with Crippen LogP contribution in [0.3, 0.4) is 0 Å². The summed E-state index contributed by atoms with van der Waals surface area (Å²) in [6.07, 6.45) is 0. The minimum atomic E-state index is -1.15. The van der Waals surface area contributed by atoms with Gasteiger partial charge >= 0.3 is 0 Å². The highest BCUT2D eigenvalue weighted by Crippen LogP contribution is 2.31. The number of carbonyl (C=O) groups is 2. The number of nitrogens with one attached hydrogen (secondary N) is 1. The predicted octanol–water partition coefficient (Wildman–Crippen LogP) is 1.44. The van der Waals surface area contributed by atoms with Crippen molar-refractivity contribution in [1.82, 2.24) is 9.80 Å². The number of benzene rings is 1. The van der Waals surface area contributed by atoms with Crippen molar-refractivity contribution in [3.8, 4) is 11.5 Å². The molecule has 7 nitrogen and oxygen atoms in total. The van der Waals surface area contributed by atoms with Crippen LogP contribution in [0.1, 0.15) is 13.8 Å². The van der Waals surface area contributed by atoms with Crippen LogP contribution in [-0.4, -0.2) is 69.1 Å². The van der Waals surface area contributed by atoms with Crippen LogP contribution >= 0.6 is 0 Å². The lowest BCUT2D eigenvalue weighted by Gasteiger charge is -2.36. The SMILES string of the molecule is COc1ccc(NC(=O)C(C)(C)C(=O)N2CCN(C)CC2)cc1OC. The molecule has 0 atom stereocenters. The van der Waals surface area contributed by atoms with Crippen molar-refractivity contribution in [1.29, 1.82) is 0 Å². The van der Waals surface area contributed by atoms with E-state index >= 15 is 0 Å². The van der Waals surface area contributed by atoms with Crippen LogP contribution in [0.5, 0.6) is 11.5 Å². The van der Waals surface area contributed by atoms with Gasteiger partial charge in [0.15, 0.2) is 11.5 Å². The summed E-state index contributed by atoms with van der Waals surface area (Å²) in [4.78, 5) is 29.4. The lowest BCUT2D eigenvalue weighted by atomic mass is 9.89. The second kappa shape index (κ2) is 7.74. The summed E-state index contributed by atoms with van der Waals surface area (Å²) in [7, 11) is 5.11. The first-order valence-electron chi connectivity index (χ1n) is 8.31. The molecule has 1 saturated heterocycles. The van der Waals surface area contributed by atoms with E-state index in [1.165, 1.54) is 7.11 Å². The minimum absolute atomic E-state index is 0.154. The number of ether oxygens (including phenoxy) is 2. The second-order valence-corrected chi connectivity index (χ2v) is 6.74. The number of likely N-dealkylation sites (N-methyl/N-ethyl adjacent to an activating group) is 1. The number of rotatable bonds is 5. The maximum absolute atomic E-state index is 12.8. The average molecular weight is 349 g/mol. The van der Waals surface area contributed by atoms with E-state index in [-0.39, 0.29) is 11.8 Å². The third kappa shape index (κ3) is 4.22. The van der Waals surface area contributed by atoms with Crippen molar-refractivity contribution in [2.45, 2.75) is 13.8 Å². The fraction of sp³-hybridized carbons (Fsp3) is 0.556. The van der Waals surface area contributed by atoms with Gasteiger partial charge in [-0.15, -0.1) is 0 Å². The van der Waals surface area contributed by atoms with Crippen molar-refractivity contribution in [3.05, 3.63) is 18.2 Å². The average Bonchev–Trinajstić information content (AvgIpc) is 2.61. The summed E-state index contributed by atoms with van der Waals surface area (Å²) in [6.45, 7) is 6.23. The zero-order valence-corrected chi connectivity index (χ0v) is 15.6. The van der Waals surface area contributed by atoms with E-state index in [4.69, 9.17) is 9.47 Å². The zero-order valence-electron chi connectivity index (χ0n) is 15.6. The molecule has 0 aliphatic carbocycles. The molecule has 2 amide bonds. The molecule has 7 heteroatoms. The number of methoxy groups -OCH3 is 2. The Morgan fingerprint density at radius 3 is 2.20 bits per heavy atom. The molecule has 1 heterocycles. The fourth-order valence-corrected chi connectivity index (χ4v) is 2.70. The quantitative estimate of drug-likeness (QED) is 0.815. The van der Waals surface area contributed by atoms with Crippen molar-refractivity contribution < 1.29 is 19.1 Å². The van der Waals surface area contributed by atoms with Gasteiger partial charge in [-0.3, -0.25) is 9.59 Å². The van der Waals surface area contributed by atoms with Crippen LogP contribution in [0, 0.1) is 5.41 Å². The van der Waals surface area contributed by atoms with Gasteiger partial charge < -0.3 is 24.6 Å². The molecule has 138 valence electrons. The summed E-state index contributed by atoms with van der Waals surface area (Å²) in [5.41, 5.74) is -0.592. The Hall–Kier alpha value is -2.28. The molecule has 2 rings (SSSR count). The number of carbonyl (C=O) groups excluding carboxylic acids is 2. The van der Waals surface area contributed by atoms with E-state index < -0.39 is 5.41 Å². The smallest absolute Gasteiger partial charge is 0.239 e. The van der Waals surface area contributed by atoms with Gasteiger partial charge in [-0.05, 0) is 33.0 Å². The molecular weight excluding hydrogens is 322 g/mol. The maximum atomic E-state index is 12.8. The summed E-state index contributed by atoms with van der Waals surface area (Å²) >= 11 is 0. The molecule has 1 N–H and O–H groups in total. The Morgan fingerprint density at radius 1 is 1.04 bits per heavy atom. The number of hydrogen-bond donors (Lipinski definition) is 1. The Labute approximate surface area is 148 Å². The zero-order chi connectivity index (χ0) is 18.6. The van der Waals surface area contributed by atoms with Crippen LogP contribution in [0.15, 0.2) is 18.2 Å². The summed E-state index contributed by atoms with van der Waals surface area (Å²) in [5, 5.41) is 2.80. The van der Waals surface area contributed by atoms with Gasteiger partial charge in [-0.1, -0.05) is 0 Å². The molecule has 25 heavy (non-hydrogen) atoms. The first-order chi connectivity index (χ1) is 11.8. The van der Waals surface area contributed by atoms with Gasteiger partial charge in [0.2, 0.25) is 11.8 Å². The van der Waals surface area contributed by atoms with Crippen LogP contribution in [0.25, 0.3) is 0 Å². The van der Waals surface area contributed by atoms with Gasteiger partial charge in [0, 0.05) is 37.9 Å². The van der Waals surface area contributed by atoms with Crippen molar-refractivity contribution in [2.75, 3.05) is 52.8 Å². The molecule has 1 aromatic carbocycles. The molecule has 1 fully saturated rings. The minimum Gasteiger partial charge on any atom is -0.493 e. The van der Waals surface area contributed by atoms with Crippen molar-refractivity contribution in [3.63, 3.8) is 0 Å². The summed E-state index contributed by atoms with van der Waals surface area (Å²) in [5.74, 6) is 0.596. The number of anilines is 1. The highest BCUT2D eigenvalue weighted by atomic mass is 16.5. The van der Waals surface area contributed by atoms with Gasteiger partial charge in [0.05, 0.1) is 14.2 Å². The topological polar surface area (TPSA) is 71.1 Å². The third-order valence-electron chi connectivity index (χ3n) is 4.53. The maximum Gasteiger partial charge on any atom is 0.239 e. The molecule has 0 radical (unpaired) electrons. The first kappa shape index (κ1) is 19.1. The second-order valence-electron chi connectivity index (χ2n) is 6.74.